The first-order valence-corrected chi connectivity index (χ1v) is 17.7. The van der Waals surface area contributed by atoms with E-state index in [1.165, 1.54) is 19.2 Å². The van der Waals surface area contributed by atoms with Crippen molar-refractivity contribution in [3.63, 3.8) is 0 Å². The lowest BCUT2D eigenvalue weighted by Crippen LogP contribution is -2.41. The molecular weight excluding hydrogens is 567 g/mol. The monoisotopic (exact) mass is 610 g/mol. The Morgan fingerprint density at radius 3 is 2.49 bits per heavy atom. The van der Waals surface area contributed by atoms with Gasteiger partial charge in [-0.3, -0.25) is 4.68 Å². The summed E-state index contributed by atoms with van der Waals surface area (Å²) in [6, 6.07) is 6.33. The van der Waals surface area contributed by atoms with E-state index in [4.69, 9.17) is 24.0 Å². The van der Waals surface area contributed by atoms with Crippen molar-refractivity contribution in [1.82, 2.24) is 19.7 Å². The van der Waals surface area contributed by atoms with E-state index in [1.54, 1.807) is 11.0 Å². The van der Waals surface area contributed by atoms with Gasteiger partial charge in [0.2, 0.25) is 5.88 Å². The van der Waals surface area contributed by atoms with E-state index < -0.39 is 19.7 Å². The number of carbonyl (C=O) groups excluding carboxylic acids is 1. The normalized spacial score (nSPS) is 17.1. The van der Waals surface area contributed by atoms with Crippen molar-refractivity contribution in [3.05, 3.63) is 46.9 Å². The zero-order valence-electron chi connectivity index (χ0n) is 26.7. The summed E-state index contributed by atoms with van der Waals surface area (Å²) in [6.45, 7) is 17.8. The summed E-state index contributed by atoms with van der Waals surface area (Å²) < 4.78 is 34.5. The number of aromatic nitrogens is 3. The smallest absolute Gasteiger partial charge is 0.410 e. The fourth-order valence-electron chi connectivity index (χ4n) is 5.49. The minimum Gasteiger partial charge on any atom is -0.496 e. The molecule has 1 unspecified atom stereocenters. The summed E-state index contributed by atoms with van der Waals surface area (Å²) in [5.41, 5.74) is 4.15. The number of pyridine rings is 1. The second kappa shape index (κ2) is 10.9. The van der Waals surface area contributed by atoms with Crippen molar-refractivity contribution >= 4 is 14.4 Å². The highest BCUT2D eigenvalue weighted by molar-refractivity contribution is 6.74. The van der Waals surface area contributed by atoms with Gasteiger partial charge in [0, 0.05) is 29.3 Å². The van der Waals surface area contributed by atoms with E-state index in [9.17, 15) is 14.3 Å². The molecule has 1 aliphatic carbocycles. The molecule has 1 amide bonds. The molecule has 3 aromatic rings. The highest BCUT2D eigenvalue weighted by Gasteiger charge is 2.43. The topological polar surface area (TPSA) is 98.9 Å². The second-order valence-electron chi connectivity index (χ2n) is 13.9. The van der Waals surface area contributed by atoms with Gasteiger partial charge in [-0.25, -0.2) is 14.2 Å². The van der Waals surface area contributed by atoms with Gasteiger partial charge in [-0.15, -0.1) is 0 Å². The maximum Gasteiger partial charge on any atom is 0.410 e. The van der Waals surface area contributed by atoms with Gasteiger partial charge in [0.15, 0.2) is 8.32 Å². The van der Waals surface area contributed by atoms with Gasteiger partial charge in [-0.2, -0.15) is 5.10 Å². The number of methoxy groups -OCH3 is 1. The number of hydrogen-bond acceptors (Lipinski definition) is 7. The third-order valence-corrected chi connectivity index (χ3v) is 13.2. The Balaban J connectivity index is 1.66. The molecule has 0 saturated carbocycles. The molecule has 9 nitrogen and oxygen atoms in total. The fraction of sp³-hybridized carbons (Fsp3) is 0.531. The van der Waals surface area contributed by atoms with Crippen LogP contribution in [0.25, 0.3) is 22.5 Å². The zero-order chi connectivity index (χ0) is 31.5. The molecule has 11 heteroatoms. The fourth-order valence-corrected chi connectivity index (χ4v) is 6.79. The summed E-state index contributed by atoms with van der Waals surface area (Å²) in [6.07, 6.45) is 0.640. The largest absolute Gasteiger partial charge is 0.496 e. The molecule has 1 aliphatic heterocycles. The van der Waals surface area contributed by atoms with E-state index in [2.05, 4.69) is 33.9 Å². The Labute approximate surface area is 254 Å². The first-order valence-electron chi connectivity index (χ1n) is 14.8. The number of hydrogen-bond donors (Lipinski definition) is 1. The molecule has 1 aromatic carbocycles. The summed E-state index contributed by atoms with van der Waals surface area (Å²) in [5, 5.41) is 16.1. The molecule has 1 N–H and O–H groups in total. The van der Waals surface area contributed by atoms with E-state index in [-0.39, 0.29) is 23.1 Å². The number of benzene rings is 1. The molecule has 5 rings (SSSR count). The van der Waals surface area contributed by atoms with Gasteiger partial charge in [0.1, 0.15) is 28.6 Å². The molecular formula is C32H43FN4O5Si. The van der Waals surface area contributed by atoms with Crippen LogP contribution >= 0.6 is 0 Å². The van der Waals surface area contributed by atoms with E-state index in [0.717, 1.165) is 16.8 Å². The average Bonchev–Trinajstić information content (AvgIpc) is 3.51. The van der Waals surface area contributed by atoms with Crippen LogP contribution in [0.15, 0.2) is 24.3 Å². The number of fused-ring (bicyclic) bond motifs is 2. The van der Waals surface area contributed by atoms with Crippen LogP contribution in [0, 0.1) is 5.82 Å². The van der Waals surface area contributed by atoms with E-state index >= 15 is 0 Å². The number of halogens is 1. The van der Waals surface area contributed by atoms with Crippen molar-refractivity contribution in [2.75, 3.05) is 13.7 Å². The molecule has 0 spiro atoms. The van der Waals surface area contributed by atoms with Crippen molar-refractivity contribution < 1.29 is 28.2 Å². The van der Waals surface area contributed by atoms with Gasteiger partial charge in [-0.05, 0) is 75.5 Å². The Hall–Kier alpha value is -3.44. The molecule has 0 saturated heterocycles. The predicted molar refractivity (Wildman–Crippen MR) is 165 cm³/mol. The standard InChI is InChI=1S/C32H43FN4O5Si/c1-31(2,3)41-30(39)36-14-15-37-20(18-36)17-23(35-37)28-27(21-11-10-19(33)16-25(21)40-7)26-22(29(38)34-28)12-13-24(26)42-43(8,9)32(4,5)6/h10-11,16-17,24H,12-15,18H2,1-9H3,(H,34,38). The molecule has 0 radical (unpaired) electrons. The number of aromatic hydroxyl groups is 1. The Morgan fingerprint density at radius 1 is 1.12 bits per heavy atom. The van der Waals surface area contributed by atoms with Gasteiger partial charge in [0.05, 0.1) is 32.0 Å². The third kappa shape index (κ3) is 6.01. The quantitative estimate of drug-likeness (QED) is 0.305. The minimum atomic E-state index is -2.21. The van der Waals surface area contributed by atoms with Crippen LogP contribution in [-0.2, 0) is 28.7 Å². The van der Waals surface area contributed by atoms with E-state index in [0.29, 0.717) is 60.7 Å². The van der Waals surface area contributed by atoms with Crippen LogP contribution in [0.4, 0.5) is 9.18 Å². The van der Waals surface area contributed by atoms with Crippen LogP contribution in [0.2, 0.25) is 18.1 Å². The molecule has 43 heavy (non-hydrogen) atoms. The van der Waals surface area contributed by atoms with Gasteiger partial charge >= 0.3 is 6.09 Å². The number of nitrogens with zero attached hydrogens (tertiary/aromatic N) is 4. The van der Waals surface area contributed by atoms with Gasteiger partial charge < -0.3 is 23.9 Å². The van der Waals surface area contributed by atoms with Crippen LogP contribution < -0.4 is 4.74 Å². The van der Waals surface area contributed by atoms with Crippen LogP contribution in [-0.4, -0.2) is 58.4 Å². The average molecular weight is 611 g/mol. The van der Waals surface area contributed by atoms with Crippen molar-refractivity contribution in [1.29, 1.82) is 0 Å². The lowest BCUT2D eigenvalue weighted by molar-refractivity contribution is 0.0194. The molecule has 2 aromatic heterocycles. The van der Waals surface area contributed by atoms with Crippen LogP contribution in [0.3, 0.4) is 0 Å². The molecule has 232 valence electrons. The number of ether oxygens (including phenoxy) is 2. The van der Waals surface area contributed by atoms with Crippen molar-refractivity contribution in [2.45, 2.75) is 97.3 Å². The molecule has 2 aliphatic rings. The zero-order valence-corrected chi connectivity index (χ0v) is 27.7. The maximum atomic E-state index is 14.4. The summed E-state index contributed by atoms with van der Waals surface area (Å²) in [4.78, 5) is 19.2. The molecule has 0 fully saturated rings. The number of rotatable bonds is 5. The Morgan fingerprint density at radius 2 is 1.84 bits per heavy atom. The second-order valence-corrected chi connectivity index (χ2v) is 18.7. The van der Waals surface area contributed by atoms with Gasteiger partial charge in [0.25, 0.3) is 0 Å². The molecule has 3 heterocycles. The highest BCUT2D eigenvalue weighted by Crippen LogP contribution is 2.52. The number of carbonyl (C=O) groups is 1. The van der Waals surface area contributed by atoms with Gasteiger partial charge in [-0.1, -0.05) is 20.8 Å². The summed E-state index contributed by atoms with van der Waals surface area (Å²) >= 11 is 0. The lowest BCUT2D eigenvalue weighted by Gasteiger charge is -2.39. The highest BCUT2D eigenvalue weighted by atomic mass is 28.4. The number of amides is 1. The first-order chi connectivity index (χ1) is 20.0. The summed E-state index contributed by atoms with van der Waals surface area (Å²) in [5.74, 6) is -0.120. The Bertz CT molecular complexity index is 1560. The molecule has 0 bridgehead atoms. The maximum absolute atomic E-state index is 14.4. The SMILES string of the molecule is COc1cc(F)ccc1-c1c(-c2cc3n(n2)CCN(C(=O)OC(C)(C)C)C3)nc(O)c2c1C(O[Si](C)(C)C(C)(C)C)CC2. The Kier molecular flexibility index (Phi) is 7.87. The summed E-state index contributed by atoms with van der Waals surface area (Å²) in [7, 11) is -0.703. The van der Waals surface area contributed by atoms with Crippen LogP contribution in [0.5, 0.6) is 11.6 Å². The minimum absolute atomic E-state index is 0.0235. The van der Waals surface area contributed by atoms with Crippen LogP contribution in [0.1, 0.15) is 70.9 Å². The first kappa shape index (κ1) is 31.0. The molecule has 1 atom stereocenters. The lowest BCUT2D eigenvalue weighted by atomic mass is 9.92. The van der Waals surface area contributed by atoms with Crippen molar-refractivity contribution in [3.8, 4) is 34.1 Å². The van der Waals surface area contributed by atoms with Crippen molar-refractivity contribution in [2.24, 2.45) is 0 Å². The third-order valence-electron chi connectivity index (χ3n) is 8.67. The van der Waals surface area contributed by atoms with E-state index in [1.807, 2.05) is 31.5 Å². The predicted octanol–water partition coefficient (Wildman–Crippen LogP) is 7.23.